The first-order chi connectivity index (χ1) is 21.1. The number of nitrogens with one attached hydrogen (secondary N) is 1. The van der Waals surface area contributed by atoms with E-state index in [2.05, 4.69) is 5.32 Å². The summed E-state index contributed by atoms with van der Waals surface area (Å²) in [5.41, 5.74) is 6.31. The molecule has 5 rings (SSSR count). The van der Waals surface area contributed by atoms with E-state index in [1.807, 2.05) is 26.0 Å². The number of rotatable bonds is 14. The van der Waals surface area contributed by atoms with Crippen LogP contribution in [0.4, 0.5) is 4.79 Å². The summed E-state index contributed by atoms with van der Waals surface area (Å²) >= 11 is 0. The van der Waals surface area contributed by atoms with Crippen molar-refractivity contribution in [2.45, 2.75) is 56.1 Å². The van der Waals surface area contributed by atoms with E-state index in [0.717, 1.165) is 12.0 Å². The topological polar surface area (TPSA) is 168 Å². The van der Waals surface area contributed by atoms with Gasteiger partial charge in [-0.15, -0.1) is 0 Å². The zero-order valence-corrected chi connectivity index (χ0v) is 25.7. The molecule has 1 amide bonds. The van der Waals surface area contributed by atoms with Crippen molar-refractivity contribution in [3.8, 4) is 17.2 Å². The molecule has 0 bridgehead atoms. The summed E-state index contributed by atoms with van der Waals surface area (Å²) in [6.45, 7) is 5.16. The minimum atomic E-state index is -4.05. The van der Waals surface area contributed by atoms with E-state index in [1.54, 1.807) is 18.2 Å². The highest BCUT2D eigenvalue weighted by atomic mass is 32.2. The predicted octanol–water partition coefficient (Wildman–Crippen LogP) is 1.86. The van der Waals surface area contributed by atoms with Gasteiger partial charge < -0.3 is 44.6 Å². The summed E-state index contributed by atoms with van der Waals surface area (Å²) in [4.78, 5) is 13.1. The second-order valence-corrected chi connectivity index (χ2v) is 13.4. The van der Waals surface area contributed by atoms with Crippen LogP contribution < -0.4 is 25.3 Å². The lowest BCUT2D eigenvalue weighted by atomic mass is 10.0. The van der Waals surface area contributed by atoms with Crippen LogP contribution in [-0.2, 0) is 30.7 Å². The third-order valence-corrected chi connectivity index (χ3v) is 9.55. The Morgan fingerprint density at radius 2 is 1.89 bits per heavy atom. The van der Waals surface area contributed by atoms with Gasteiger partial charge in [0.2, 0.25) is 16.8 Å². The van der Waals surface area contributed by atoms with E-state index >= 15 is 0 Å². The number of amides is 1. The van der Waals surface area contributed by atoms with Crippen LogP contribution in [0.15, 0.2) is 47.4 Å². The maximum Gasteiger partial charge on any atom is 0.407 e. The van der Waals surface area contributed by atoms with Crippen molar-refractivity contribution < 1.29 is 46.7 Å². The fourth-order valence-corrected chi connectivity index (χ4v) is 7.14. The average Bonchev–Trinajstić information content (AvgIpc) is 3.74. The smallest absolute Gasteiger partial charge is 0.407 e. The molecule has 4 N–H and O–H groups in total. The second-order valence-electron chi connectivity index (χ2n) is 11.5. The van der Waals surface area contributed by atoms with E-state index in [9.17, 15) is 18.3 Å². The van der Waals surface area contributed by atoms with Gasteiger partial charge in [-0.05, 0) is 48.6 Å². The largest absolute Gasteiger partial charge is 0.492 e. The number of nitrogens with zero attached hydrogens (tertiary/aromatic N) is 1. The number of aliphatic hydroxyl groups is 1. The number of carbonyl (C=O) groups excluding carboxylic acids is 1. The molecule has 2 fully saturated rings. The molecule has 0 aromatic heterocycles. The molecular formula is C30H41N3O10S. The van der Waals surface area contributed by atoms with Gasteiger partial charge in [-0.1, -0.05) is 26.0 Å². The summed E-state index contributed by atoms with van der Waals surface area (Å²) in [5, 5.41) is 14.3. The summed E-state index contributed by atoms with van der Waals surface area (Å²) < 4.78 is 62.0. The Labute approximate surface area is 257 Å². The van der Waals surface area contributed by atoms with Gasteiger partial charge in [-0.2, -0.15) is 4.31 Å². The van der Waals surface area contributed by atoms with E-state index < -0.39 is 34.4 Å². The van der Waals surface area contributed by atoms with Crippen LogP contribution in [0.25, 0.3) is 0 Å². The summed E-state index contributed by atoms with van der Waals surface area (Å²) in [6, 6.07) is 10.7. The molecule has 0 unspecified atom stereocenters. The highest BCUT2D eigenvalue weighted by molar-refractivity contribution is 7.89. The van der Waals surface area contributed by atoms with Crippen LogP contribution in [0.1, 0.15) is 25.8 Å². The quantitative estimate of drug-likeness (QED) is 0.277. The normalized spacial score (nSPS) is 22.2. The van der Waals surface area contributed by atoms with E-state index in [-0.39, 0.29) is 55.9 Å². The number of hydrogen-bond acceptors (Lipinski definition) is 11. The molecule has 2 aromatic rings. The van der Waals surface area contributed by atoms with Crippen LogP contribution in [-0.4, -0.2) is 94.7 Å². The van der Waals surface area contributed by atoms with Gasteiger partial charge in [0.05, 0.1) is 36.2 Å². The summed E-state index contributed by atoms with van der Waals surface area (Å²) in [5.74, 6) is 1.33. The number of benzene rings is 2. The van der Waals surface area contributed by atoms with E-state index in [0.29, 0.717) is 37.0 Å². The number of sulfonamides is 1. The van der Waals surface area contributed by atoms with Gasteiger partial charge in [-0.25, -0.2) is 13.2 Å². The number of nitrogens with two attached hydrogens (primary N) is 1. The Bertz CT molecular complexity index is 1370. The molecule has 0 spiro atoms. The maximum absolute atomic E-state index is 13.8. The Hall–Kier alpha value is -3.14. The van der Waals surface area contributed by atoms with Gasteiger partial charge in [0, 0.05) is 25.7 Å². The molecule has 0 radical (unpaired) electrons. The molecule has 3 aliphatic heterocycles. The van der Waals surface area contributed by atoms with Crippen molar-refractivity contribution in [2.75, 3.05) is 46.2 Å². The number of alkyl carbamates (subject to hydrolysis) is 1. The summed E-state index contributed by atoms with van der Waals surface area (Å²) in [7, 11) is -4.05. The number of fused-ring (bicyclic) bond motifs is 2. The maximum atomic E-state index is 13.8. The zero-order valence-electron chi connectivity index (χ0n) is 24.9. The molecule has 3 heterocycles. The molecule has 14 heteroatoms. The molecule has 242 valence electrons. The Morgan fingerprint density at radius 1 is 1.11 bits per heavy atom. The van der Waals surface area contributed by atoms with Gasteiger partial charge in [-0.3, -0.25) is 0 Å². The SMILES string of the molecule is CC(C)CN(C[C@H](O)[C@H](Cc1ccc(OCCN)cc1)NC(=O)O[C@H]1CO[C@H]2OCC[C@H]21)S(=O)(=O)c1ccc2c(c1)OCO2. The first-order valence-corrected chi connectivity index (χ1v) is 16.3. The van der Waals surface area contributed by atoms with Crippen LogP contribution in [0.2, 0.25) is 0 Å². The molecule has 2 aromatic carbocycles. The molecular weight excluding hydrogens is 594 g/mol. The first-order valence-electron chi connectivity index (χ1n) is 14.8. The van der Waals surface area contributed by atoms with Crippen LogP contribution in [0.3, 0.4) is 0 Å². The molecule has 0 saturated carbocycles. The Morgan fingerprint density at radius 3 is 2.64 bits per heavy atom. The number of ether oxygens (including phenoxy) is 6. The fraction of sp³-hybridized carbons (Fsp3) is 0.567. The van der Waals surface area contributed by atoms with E-state index in [1.165, 1.54) is 16.4 Å². The molecule has 2 saturated heterocycles. The average molecular weight is 636 g/mol. The molecule has 13 nitrogen and oxygen atoms in total. The number of hydrogen-bond donors (Lipinski definition) is 3. The monoisotopic (exact) mass is 635 g/mol. The first kappa shape index (κ1) is 32.3. The van der Waals surface area contributed by atoms with Crippen molar-refractivity contribution in [1.82, 2.24) is 9.62 Å². The number of aliphatic hydroxyl groups excluding tert-OH is 1. The van der Waals surface area contributed by atoms with Gasteiger partial charge in [0.15, 0.2) is 17.8 Å². The van der Waals surface area contributed by atoms with Crippen molar-refractivity contribution in [2.24, 2.45) is 17.6 Å². The third kappa shape index (κ3) is 7.73. The number of carbonyl (C=O) groups is 1. The Balaban J connectivity index is 1.34. The van der Waals surface area contributed by atoms with Gasteiger partial charge in [0.1, 0.15) is 18.5 Å². The molecule has 5 atom stereocenters. The molecule has 3 aliphatic rings. The summed E-state index contributed by atoms with van der Waals surface area (Å²) in [6.07, 6.45) is -1.98. The second kappa shape index (κ2) is 14.3. The van der Waals surface area contributed by atoms with Crippen molar-refractivity contribution in [1.29, 1.82) is 0 Å². The zero-order chi connectivity index (χ0) is 31.3. The lowest BCUT2D eigenvalue weighted by Crippen LogP contribution is -2.51. The Kier molecular flexibility index (Phi) is 10.5. The predicted molar refractivity (Wildman–Crippen MR) is 158 cm³/mol. The van der Waals surface area contributed by atoms with Crippen LogP contribution in [0, 0.1) is 11.8 Å². The van der Waals surface area contributed by atoms with Crippen molar-refractivity contribution in [3.05, 3.63) is 48.0 Å². The van der Waals surface area contributed by atoms with Crippen molar-refractivity contribution >= 4 is 16.1 Å². The standard InChI is InChI=1S/C30H41N3O10S/c1-19(2)15-33(44(36,37)22-7-8-26-27(14-22)42-18-41-26)16-25(34)24(13-20-3-5-21(6-4-20)38-12-10-31)32-30(35)43-28-17-40-29-23(28)9-11-39-29/h3-8,14,19,23-25,28-29,34H,9-13,15-18,31H2,1-2H3,(H,32,35)/t23-,24-,25-,28-,29+/m0/s1. The fourth-order valence-electron chi connectivity index (χ4n) is 5.51. The minimum Gasteiger partial charge on any atom is -0.492 e. The van der Waals surface area contributed by atoms with Crippen molar-refractivity contribution in [3.63, 3.8) is 0 Å². The van der Waals surface area contributed by atoms with Crippen LogP contribution >= 0.6 is 0 Å². The lowest BCUT2D eigenvalue weighted by molar-refractivity contribution is -0.0907. The lowest BCUT2D eigenvalue weighted by Gasteiger charge is -2.31. The van der Waals surface area contributed by atoms with E-state index in [4.69, 9.17) is 34.2 Å². The molecule has 44 heavy (non-hydrogen) atoms. The highest BCUT2D eigenvalue weighted by Crippen LogP contribution is 2.35. The minimum absolute atomic E-state index is 0.0121. The van der Waals surface area contributed by atoms with Gasteiger partial charge >= 0.3 is 6.09 Å². The van der Waals surface area contributed by atoms with Gasteiger partial charge in [0.25, 0.3) is 0 Å². The van der Waals surface area contributed by atoms with Crippen LogP contribution in [0.5, 0.6) is 17.2 Å². The third-order valence-electron chi connectivity index (χ3n) is 7.72. The molecule has 0 aliphatic carbocycles. The highest BCUT2D eigenvalue weighted by Gasteiger charge is 2.44.